The summed E-state index contributed by atoms with van der Waals surface area (Å²) in [6, 6.07) is 25.1. The second-order valence-corrected chi connectivity index (χ2v) is 5.54. The molecular formula is C21H17FN2O. The molecule has 3 rings (SSSR count). The Balaban J connectivity index is 1.80. The maximum atomic E-state index is 13.2. The van der Waals surface area contributed by atoms with Gasteiger partial charge in [-0.15, -0.1) is 0 Å². The minimum atomic E-state index is -0.466. The summed E-state index contributed by atoms with van der Waals surface area (Å²) in [6.07, 6.45) is 1.42. The molecule has 3 aromatic carbocycles. The summed E-state index contributed by atoms with van der Waals surface area (Å²) in [5.74, 6) is -1.06. The first-order valence-electron chi connectivity index (χ1n) is 7.92. The third-order valence-corrected chi connectivity index (χ3v) is 3.77. The minimum absolute atomic E-state index is 0.245. The van der Waals surface area contributed by atoms with Crippen LogP contribution in [0.25, 0.3) is 0 Å². The van der Waals surface area contributed by atoms with Crippen LogP contribution in [0.2, 0.25) is 0 Å². The Kier molecular flexibility index (Phi) is 5.32. The zero-order chi connectivity index (χ0) is 17.5. The highest BCUT2D eigenvalue weighted by atomic mass is 19.1. The minimum Gasteiger partial charge on any atom is -0.272 e. The SMILES string of the molecule is O=C(NN=Cc1cccc(F)c1)C(c1ccccc1)c1ccccc1. The van der Waals surface area contributed by atoms with Crippen molar-refractivity contribution in [1.29, 1.82) is 0 Å². The Hall–Kier alpha value is -3.27. The van der Waals surface area contributed by atoms with Gasteiger partial charge in [0.2, 0.25) is 0 Å². The van der Waals surface area contributed by atoms with Crippen LogP contribution in [0.4, 0.5) is 4.39 Å². The number of nitrogens with one attached hydrogen (secondary N) is 1. The van der Waals surface area contributed by atoms with Crippen LogP contribution in [0.15, 0.2) is 90.0 Å². The lowest BCUT2D eigenvalue weighted by Gasteiger charge is -2.16. The van der Waals surface area contributed by atoms with Gasteiger partial charge < -0.3 is 0 Å². The summed E-state index contributed by atoms with van der Waals surface area (Å²) in [5, 5.41) is 3.96. The van der Waals surface area contributed by atoms with Gasteiger partial charge in [-0.05, 0) is 28.8 Å². The Morgan fingerprint density at radius 3 is 2.04 bits per heavy atom. The lowest BCUT2D eigenvalue weighted by atomic mass is 9.91. The van der Waals surface area contributed by atoms with Crippen LogP contribution >= 0.6 is 0 Å². The molecule has 0 heterocycles. The van der Waals surface area contributed by atoms with E-state index in [1.54, 1.807) is 12.1 Å². The summed E-state index contributed by atoms with van der Waals surface area (Å²) >= 11 is 0. The van der Waals surface area contributed by atoms with Gasteiger partial charge in [0, 0.05) is 0 Å². The van der Waals surface area contributed by atoms with E-state index in [2.05, 4.69) is 10.5 Å². The van der Waals surface area contributed by atoms with E-state index in [-0.39, 0.29) is 11.7 Å². The Morgan fingerprint density at radius 1 is 0.880 bits per heavy atom. The molecule has 4 heteroatoms. The molecule has 0 fully saturated rings. The van der Waals surface area contributed by atoms with Crippen molar-refractivity contribution in [3.8, 4) is 0 Å². The molecule has 3 aromatic rings. The first-order chi connectivity index (χ1) is 12.2. The average molecular weight is 332 g/mol. The molecule has 1 N–H and O–H groups in total. The van der Waals surface area contributed by atoms with E-state index >= 15 is 0 Å². The molecule has 0 spiro atoms. The van der Waals surface area contributed by atoms with E-state index in [1.165, 1.54) is 18.3 Å². The first-order valence-corrected chi connectivity index (χ1v) is 7.92. The molecule has 0 aliphatic rings. The quantitative estimate of drug-likeness (QED) is 0.554. The van der Waals surface area contributed by atoms with Gasteiger partial charge in [-0.3, -0.25) is 4.79 Å². The second kappa shape index (κ2) is 8.02. The third kappa shape index (κ3) is 4.38. The maximum absolute atomic E-state index is 13.2. The fourth-order valence-corrected chi connectivity index (χ4v) is 2.61. The Morgan fingerprint density at radius 2 is 1.48 bits per heavy atom. The lowest BCUT2D eigenvalue weighted by molar-refractivity contribution is -0.121. The lowest BCUT2D eigenvalue weighted by Crippen LogP contribution is -2.26. The van der Waals surface area contributed by atoms with Crippen LogP contribution in [0, 0.1) is 5.82 Å². The Bertz CT molecular complexity index is 824. The Labute approximate surface area is 145 Å². The van der Waals surface area contributed by atoms with Gasteiger partial charge in [-0.25, -0.2) is 9.82 Å². The van der Waals surface area contributed by atoms with E-state index in [0.717, 1.165) is 11.1 Å². The molecule has 0 atom stereocenters. The predicted octanol–water partition coefficient (Wildman–Crippen LogP) is 4.11. The largest absolute Gasteiger partial charge is 0.272 e. The molecule has 3 nitrogen and oxygen atoms in total. The number of carbonyl (C=O) groups is 1. The number of nitrogens with zero attached hydrogens (tertiary/aromatic N) is 1. The van der Waals surface area contributed by atoms with Crippen molar-refractivity contribution in [2.24, 2.45) is 5.10 Å². The topological polar surface area (TPSA) is 41.5 Å². The number of hydrazone groups is 1. The van der Waals surface area contributed by atoms with Crippen LogP contribution in [-0.2, 0) is 4.79 Å². The highest BCUT2D eigenvalue weighted by Crippen LogP contribution is 2.24. The van der Waals surface area contributed by atoms with Crippen molar-refractivity contribution < 1.29 is 9.18 Å². The molecule has 0 saturated heterocycles. The standard InChI is InChI=1S/C21H17FN2O/c22-19-13-7-8-16(14-19)15-23-24-21(25)20(17-9-3-1-4-10-17)18-11-5-2-6-12-18/h1-15,20H,(H,24,25). The maximum Gasteiger partial charge on any atom is 0.252 e. The summed E-state index contributed by atoms with van der Waals surface area (Å²) < 4.78 is 13.2. The molecule has 0 unspecified atom stereocenters. The zero-order valence-corrected chi connectivity index (χ0v) is 13.5. The van der Waals surface area contributed by atoms with Crippen LogP contribution < -0.4 is 5.43 Å². The molecule has 0 radical (unpaired) electrons. The van der Waals surface area contributed by atoms with Crippen molar-refractivity contribution in [2.45, 2.75) is 5.92 Å². The zero-order valence-electron chi connectivity index (χ0n) is 13.5. The monoisotopic (exact) mass is 332 g/mol. The number of hydrogen-bond acceptors (Lipinski definition) is 2. The van der Waals surface area contributed by atoms with E-state index < -0.39 is 5.92 Å². The van der Waals surface area contributed by atoms with E-state index in [0.29, 0.717) is 5.56 Å². The van der Waals surface area contributed by atoms with Gasteiger partial charge in [0.1, 0.15) is 5.82 Å². The second-order valence-electron chi connectivity index (χ2n) is 5.54. The molecule has 0 saturated carbocycles. The summed E-state index contributed by atoms with van der Waals surface area (Å²) in [6.45, 7) is 0. The van der Waals surface area contributed by atoms with Crippen molar-refractivity contribution in [3.05, 3.63) is 107 Å². The summed E-state index contributed by atoms with van der Waals surface area (Å²) in [7, 11) is 0. The summed E-state index contributed by atoms with van der Waals surface area (Å²) in [4.78, 5) is 12.7. The van der Waals surface area contributed by atoms with Gasteiger partial charge in [0.15, 0.2) is 0 Å². The third-order valence-electron chi connectivity index (χ3n) is 3.77. The first kappa shape index (κ1) is 16.6. The van der Waals surface area contributed by atoms with Gasteiger partial charge in [0.05, 0.1) is 12.1 Å². The normalized spacial score (nSPS) is 11.0. The highest BCUT2D eigenvalue weighted by molar-refractivity contribution is 5.88. The van der Waals surface area contributed by atoms with Crippen LogP contribution in [0.1, 0.15) is 22.6 Å². The molecular weight excluding hydrogens is 315 g/mol. The fourth-order valence-electron chi connectivity index (χ4n) is 2.61. The van der Waals surface area contributed by atoms with Crippen LogP contribution in [0.3, 0.4) is 0 Å². The highest BCUT2D eigenvalue weighted by Gasteiger charge is 2.22. The van der Waals surface area contributed by atoms with E-state index in [9.17, 15) is 9.18 Å². The van der Waals surface area contributed by atoms with Crippen molar-refractivity contribution in [3.63, 3.8) is 0 Å². The van der Waals surface area contributed by atoms with Gasteiger partial charge >= 0.3 is 0 Å². The molecule has 1 amide bonds. The van der Waals surface area contributed by atoms with Crippen LogP contribution in [-0.4, -0.2) is 12.1 Å². The average Bonchev–Trinajstić information content (AvgIpc) is 2.64. The van der Waals surface area contributed by atoms with Gasteiger partial charge in [0.25, 0.3) is 5.91 Å². The molecule has 124 valence electrons. The van der Waals surface area contributed by atoms with Gasteiger partial charge in [-0.2, -0.15) is 5.10 Å². The fraction of sp³-hybridized carbons (Fsp3) is 0.0476. The van der Waals surface area contributed by atoms with E-state index in [4.69, 9.17) is 0 Å². The van der Waals surface area contributed by atoms with Crippen molar-refractivity contribution in [1.82, 2.24) is 5.43 Å². The van der Waals surface area contributed by atoms with Crippen LogP contribution in [0.5, 0.6) is 0 Å². The number of halogens is 1. The molecule has 0 aliphatic carbocycles. The summed E-state index contributed by atoms with van der Waals surface area (Å²) in [5.41, 5.74) is 4.90. The molecule has 0 aromatic heterocycles. The number of benzene rings is 3. The number of hydrogen-bond donors (Lipinski definition) is 1. The predicted molar refractivity (Wildman–Crippen MR) is 96.9 cm³/mol. The van der Waals surface area contributed by atoms with Crippen molar-refractivity contribution >= 4 is 12.1 Å². The number of carbonyl (C=O) groups excluding carboxylic acids is 1. The molecule has 0 aliphatic heterocycles. The molecule has 25 heavy (non-hydrogen) atoms. The number of amides is 1. The van der Waals surface area contributed by atoms with E-state index in [1.807, 2.05) is 60.7 Å². The number of rotatable bonds is 5. The smallest absolute Gasteiger partial charge is 0.252 e. The molecule has 0 bridgehead atoms. The van der Waals surface area contributed by atoms with Gasteiger partial charge in [-0.1, -0.05) is 72.8 Å². The van der Waals surface area contributed by atoms with Crippen molar-refractivity contribution in [2.75, 3.05) is 0 Å².